The van der Waals surface area contributed by atoms with Crippen molar-refractivity contribution < 1.29 is 4.79 Å². The first-order chi connectivity index (χ1) is 10.1. The number of aryl methyl sites for hydroxylation is 1. The Kier molecular flexibility index (Phi) is 4.15. The molecule has 0 aromatic heterocycles. The van der Waals surface area contributed by atoms with Crippen molar-refractivity contribution in [2.24, 2.45) is 0 Å². The fourth-order valence-corrected chi connectivity index (χ4v) is 3.42. The molecule has 4 heteroatoms. The van der Waals surface area contributed by atoms with Gasteiger partial charge in [-0.2, -0.15) is 0 Å². The average Bonchev–Trinajstić information content (AvgIpc) is 2.51. The zero-order valence-electron chi connectivity index (χ0n) is 13.1. The number of carbonyl (C=O) groups excluding carboxylic acids is 1. The number of hydrogen-bond acceptors (Lipinski definition) is 2. The largest absolute Gasteiger partial charge is 0.322 e. The predicted molar refractivity (Wildman–Crippen MR) is 85.7 cm³/mol. The van der Waals surface area contributed by atoms with E-state index < -0.39 is 0 Å². The predicted octanol–water partition coefficient (Wildman–Crippen LogP) is 3.01. The summed E-state index contributed by atoms with van der Waals surface area (Å²) in [5.74, 6) is 0. The van der Waals surface area contributed by atoms with E-state index in [0.29, 0.717) is 6.04 Å². The van der Waals surface area contributed by atoms with E-state index in [1.165, 1.54) is 31.4 Å². The van der Waals surface area contributed by atoms with Gasteiger partial charge in [-0.15, -0.1) is 0 Å². The molecular formula is C17H25N3O. The summed E-state index contributed by atoms with van der Waals surface area (Å²) in [5, 5.41) is 3.08. The summed E-state index contributed by atoms with van der Waals surface area (Å²) in [6.07, 6.45) is 3.84. The normalized spacial score (nSPS) is 22.8. The van der Waals surface area contributed by atoms with Gasteiger partial charge in [0.25, 0.3) is 0 Å². The minimum atomic E-state index is 0.0499. The van der Waals surface area contributed by atoms with Crippen molar-refractivity contribution in [1.29, 1.82) is 0 Å². The molecule has 0 radical (unpaired) electrons. The number of rotatable bonds is 1. The Morgan fingerprint density at radius 1 is 1.19 bits per heavy atom. The molecule has 4 nitrogen and oxygen atoms in total. The number of fused-ring (bicyclic) bond motifs is 1. The number of carbonyl (C=O) groups is 1. The summed E-state index contributed by atoms with van der Waals surface area (Å²) in [6.45, 7) is 8.07. The fraction of sp³-hybridized carbons (Fsp3) is 0.588. The van der Waals surface area contributed by atoms with Crippen LogP contribution in [0.4, 0.5) is 10.5 Å². The van der Waals surface area contributed by atoms with E-state index >= 15 is 0 Å². The lowest BCUT2D eigenvalue weighted by Gasteiger charge is -2.43. The lowest BCUT2D eigenvalue weighted by Crippen LogP contribution is -2.56. The van der Waals surface area contributed by atoms with Gasteiger partial charge in [-0.1, -0.05) is 18.6 Å². The van der Waals surface area contributed by atoms with Crippen molar-refractivity contribution in [3.8, 4) is 0 Å². The Balaban J connectivity index is 1.64. The second-order valence-corrected chi connectivity index (χ2v) is 6.31. The molecular weight excluding hydrogens is 262 g/mol. The van der Waals surface area contributed by atoms with Crippen molar-refractivity contribution >= 4 is 11.7 Å². The van der Waals surface area contributed by atoms with Crippen molar-refractivity contribution in [2.75, 3.05) is 31.5 Å². The van der Waals surface area contributed by atoms with E-state index in [0.717, 1.165) is 30.9 Å². The van der Waals surface area contributed by atoms with Gasteiger partial charge in [0.1, 0.15) is 0 Å². The molecule has 1 aromatic carbocycles. The van der Waals surface area contributed by atoms with Crippen LogP contribution in [0.25, 0.3) is 0 Å². The molecule has 2 saturated heterocycles. The van der Waals surface area contributed by atoms with E-state index in [-0.39, 0.29) is 6.03 Å². The second kappa shape index (κ2) is 6.06. The number of amides is 2. The summed E-state index contributed by atoms with van der Waals surface area (Å²) in [7, 11) is 0. The number of hydrogen-bond donors (Lipinski definition) is 1. The van der Waals surface area contributed by atoms with Gasteiger partial charge in [-0.25, -0.2) is 4.79 Å². The third-order valence-corrected chi connectivity index (χ3v) is 4.97. The zero-order chi connectivity index (χ0) is 14.8. The molecule has 1 atom stereocenters. The minimum Gasteiger partial charge on any atom is -0.322 e. The maximum Gasteiger partial charge on any atom is 0.321 e. The van der Waals surface area contributed by atoms with Crippen LogP contribution in [0.5, 0.6) is 0 Å². The number of piperazine rings is 1. The van der Waals surface area contributed by atoms with Crippen LogP contribution in [-0.4, -0.2) is 48.1 Å². The van der Waals surface area contributed by atoms with E-state index in [1.54, 1.807) is 0 Å². The van der Waals surface area contributed by atoms with Gasteiger partial charge >= 0.3 is 6.03 Å². The van der Waals surface area contributed by atoms with Crippen LogP contribution in [0.2, 0.25) is 0 Å². The number of anilines is 1. The van der Waals surface area contributed by atoms with Crippen molar-refractivity contribution in [1.82, 2.24) is 9.80 Å². The first-order valence-corrected chi connectivity index (χ1v) is 8.01. The average molecular weight is 287 g/mol. The summed E-state index contributed by atoms with van der Waals surface area (Å²) >= 11 is 0. The quantitative estimate of drug-likeness (QED) is 0.862. The van der Waals surface area contributed by atoms with Gasteiger partial charge in [0.2, 0.25) is 0 Å². The van der Waals surface area contributed by atoms with Crippen LogP contribution in [-0.2, 0) is 0 Å². The summed E-state index contributed by atoms with van der Waals surface area (Å²) in [5.41, 5.74) is 3.30. The first-order valence-electron chi connectivity index (χ1n) is 8.01. The van der Waals surface area contributed by atoms with Crippen molar-refractivity contribution in [2.45, 2.75) is 39.2 Å². The number of piperidine rings is 1. The Hall–Kier alpha value is -1.55. The Morgan fingerprint density at radius 2 is 2.05 bits per heavy atom. The molecule has 0 bridgehead atoms. The SMILES string of the molecule is Cc1cccc(NC(=O)N2CCN3CCCCC3C2)c1C. The smallest absolute Gasteiger partial charge is 0.321 e. The lowest BCUT2D eigenvalue weighted by atomic mass is 10.00. The zero-order valence-corrected chi connectivity index (χ0v) is 13.1. The van der Waals surface area contributed by atoms with E-state index in [9.17, 15) is 4.79 Å². The Bertz CT molecular complexity index is 529. The van der Waals surface area contributed by atoms with Crippen LogP contribution in [0.15, 0.2) is 18.2 Å². The highest BCUT2D eigenvalue weighted by Gasteiger charge is 2.31. The van der Waals surface area contributed by atoms with Gasteiger partial charge in [0.15, 0.2) is 0 Å². The molecule has 0 saturated carbocycles. The van der Waals surface area contributed by atoms with E-state index in [4.69, 9.17) is 0 Å². The molecule has 0 aliphatic carbocycles. The van der Waals surface area contributed by atoms with Gasteiger partial charge < -0.3 is 10.2 Å². The molecule has 114 valence electrons. The molecule has 0 spiro atoms. The maximum atomic E-state index is 12.5. The molecule has 3 rings (SSSR count). The maximum absolute atomic E-state index is 12.5. The third-order valence-electron chi connectivity index (χ3n) is 4.97. The molecule has 2 aliphatic heterocycles. The fourth-order valence-electron chi connectivity index (χ4n) is 3.42. The standard InChI is InChI=1S/C17H25N3O/c1-13-6-5-8-16(14(13)2)18-17(21)20-11-10-19-9-4-3-7-15(19)12-20/h5-6,8,15H,3-4,7,9-12H2,1-2H3,(H,18,21). The molecule has 2 amide bonds. The van der Waals surface area contributed by atoms with E-state index in [1.807, 2.05) is 17.0 Å². The Labute approximate surface area is 127 Å². The minimum absolute atomic E-state index is 0.0499. The molecule has 1 N–H and O–H groups in total. The second-order valence-electron chi connectivity index (χ2n) is 6.31. The third kappa shape index (κ3) is 3.05. The van der Waals surface area contributed by atoms with Gasteiger partial charge in [-0.3, -0.25) is 4.90 Å². The van der Waals surface area contributed by atoms with Gasteiger partial charge in [0, 0.05) is 31.4 Å². The highest BCUT2D eigenvalue weighted by Crippen LogP contribution is 2.23. The monoisotopic (exact) mass is 287 g/mol. The molecule has 21 heavy (non-hydrogen) atoms. The van der Waals surface area contributed by atoms with Crippen LogP contribution in [0.1, 0.15) is 30.4 Å². The highest BCUT2D eigenvalue weighted by molar-refractivity contribution is 5.90. The number of benzene rings is 1. The van der Waals surface area contributed by atoms with Crippen molar-refractivity contribution in [3.05, 3.63) is 29.3 Å². The van der Waals surface area contributed by atoms with Crippen LogP contribution in [0.3, 0.4) is 0 Å². The molecule has 1 unspecified atom stereocenters. The van der Waals surface area contributed by atoms with E-state index in [2.05, 4.69) is 30.1 Å². The van der Waals surface area contributed by atoms with Gasteiger partial charge in [-0.05, 0) is 50.4 Å². The number of urea groups is 1. The van der Waals surface area contributed by atoms with Crippen LogP contribution in [0, 0.1) is 13.8 Å². The summed E-state index contributed by atoms with van der Waals surface area (Å²) in [4.78, 5) is 17.0. The number of nitrogens with one attached hydrogen (secondary N) is 1. The topological polar surface area (TPSA) is 35.6 Å². The molecule has 2 aliphatic rings. The Morgan fingerprint density at radius 3 is 2.90 bits per heavy atom. The molecule has 1 aromatic rings. The van der Waals surface area contributed by atoms with Gasteiger partial charge in [0.05, 0.1) is 0 Å². The first kappa shape index (κ1) is 14.4. The van der Waals surface area contributed by atoms with Crippen LogP contribution < -0.4 is 5.32 Å². The highest BCUT2D eigenvalue weighted by atomic mass is 16.2. The molecule has 2 fully saturated rings. The van der Waals surface area contributed by atoms with Crippen molar-refractivity contribution in [3.63, 3.8) is 0 Å². The van der Waals surface area contributed by atoms with Crippen LogP contribution >= 0.6 is 0 Å². The molecule has 2 heterocycles. The lowest BCUT2D eigenvalue weighted by molar-refractivity contribution is 0.0678. The number of nitrogens with zero attached hydrogens (tertiary/aromatic N) is 2. The summed E-state index contributed by atoms with van der Waals surface area (Å²) < 4.78 is 0. The summed E-state index contributed by atoms with van der Waals surface area (Å²) in [6, 6.07) is 6.67.